The summed E-state index contributed by atoms with van der Waals surface area (Å²) < 4.78 is 0. The molecule has 6 heteroatoms. The zero-order chi connectivity index (χ0) is 17.8. The maximum absolute atomic E-state index is 12.9. The quantitative estimate of drug-likeness (QED) is 0.582. The predicted octanol–water partition coefficient (Wildman–Crippen LogP) is 4.52. The topological polar surface area (TPSA) is 67.8 Å². The summed E-state index contributed by atoms with van der Waals surface area (Å²) in [6, 6.07) is 16.9. The van der Waals surface area contributed by atoms with E-state index >= 15 is 0 Å². The summed E-state index contributed by atoms with van der Waals surface area (Å²) in [7, 11) is 0. The summed E-state index contributed by atoms with van der Waals surface area (Å²) in [5.74, 6) is -0.192. The van der Waals surface area contributed by atoms with Crippen molar-refractivity contribution in [1.29, 1.82) is 0 Å². The first-order valence-electron chi connectivity index (χ1n) is 7.99. The molecule has 3 aromatic heterocycles. The van der Waals surface area contributed by atoms with E-state index in [2.05, 4.69) is 15.3 Å². The van der Waals surface area contributed by atoms with Crippen molar-refractivity contribution in [2.45, 2.75) is 0 Å². The standard InChI is InChI=1S/C20H14N4OS/c25-19(23-16-8-2-1-3-9-16)18-17(14-6-4-10-21-12-14)24-20(26-18)15-7-5-11-22-13-15/h1-13H,(H,23,25). The Labute approximate surface area is 154 Å². The Kier molecular flexibility index (Phi) is 4.49. The zero-order valence-electron chi connectivity index (χ0n) is 13.7. The molecule has 26 heavy (non-hydrogen) atoms. The van der Waals surface area contributed by atoms with Gasteiger partial charge in [0.15, 0.2) is 0 Å². The van der Waals surface area contributed by atoms with Gasteiger partial charge in [-0.25, -0.2) is 4.98 Å². The Morgan fingerprint density at radius 1 is 0.846 bits per heavy atom. The number of aromatic nitrogens is 3. The molecule has 1 aromatic carbocycles. The molecule has 0 spiro atoms. The minimum atomic E-state index is -0.192. The highest BCUT2D eigenvalue weighted by Gasteiger charge is 2.20. The highest BCUT2D eigenvalue weighted by molar-refractivity contribution is 7.17. The predicted molar refractivity (Wildman–Crippen MR) is 103 cm³/mol. The molecule has 0 saturated carbocycles. The van der Waals surface area contributed by atoms with Gasteiger partial charge in [-0.05, 0) is 36.4 Å². The van der Waals surface area contributed by atoms with E-state index in [9.17, 15) is 4.79 Å². The number of carbonyl (C=O) groups is 1. The van der Waals surface area contributed by atoms with Crippen LogP contribution in [0.4, 0.5) is 5.69 Å². The molecule has 4 aromatic rings. The molecule has 0 fully saturated rings. The van der Waals surface area contributed by atoms with Crippen LogP contribution in [0.2, 0.25) is 0 Å². The van der Waals surface area contributed by atoms with Crippen molar-refractivity contribution < 1.29 is 4.79 Å². The van der Waals surface area contributed by atoms with E-state index in [1.165, 1.54) is 11.3 Å². The Bertz CT molecular complexity index is 1020. The smallest absolute Gasteiger partial charge is 0.268 e. The molecule has 126 valence electrons. The van der Waals surface area contributed by atoms with Crippen molar-refractivity contribution in [3.63, 3.8) is 0 Å². The Hall–Kier alpha value is -3.38. The molecule has 1 N–H and O–H groups in total. The number of anilines is 1. The summed E-state index contributed by atoms with van der Waals surface area (Å²) in [6.07, 6.45) is 6.86. The number of benzene rings is 1. The normalized spacial score (nSPS) is 10.5. The molecule has 0 aliphatic heterocycles. The van der Waals surface area contributed by atoms with Gasteiger partial charge in [-0.1, -0.05) is 18.2 Å². The highest BCUT2D eigenvalue weighted by Crippen LogP contribution is 2.33. The lowest BCUT2D eigenvalue weighted by molar-refractivity contribution is 0.103. The molecule has 0 radical (unpaired) electrons. The van der Waals surface area contributed by atoms with Crippen LogP contribution in [0.3, 0.4) is 0 Å². The molecule has 0 bridgehead atoms. The van der Waals surface area contributed by atoms with Crippen LogP contribution in [0.15, 0.2) is 79.4 Å². The highest BCUT2D eigenvalue weighted by atomic mass is 32.1. The van der Waals surface area contributed by atoms with Crippen molar-refractivity contribution in [3.8, 4) is 21.8 Å². The fourth-order valence-electron chi connectivity index (χ4n) is 2.49. The lowest BCUT2D eigenvalue weighted by atomic mass is 10.2. The van der Waals surface area contributed by atoms with Gasteiger partial charge in [0.25, 0.3) is 5.91 Å². The van der Waals surface area contributed by atoms with Gasteiger partial charge in [-0.3, -0.25) is 14.8 Å². The van der Waals surface area contributed by atoms with E-state index in [-0.39, 0.29) is 5.91 Å². The molecule has 1 amide bonds. The molecule has 0 atom stereocenters. The number of carbonyl (C=O) groups excluding carboxylic acids is 1. The van der Waals surface area contributed by atoms with E-state index in [4.69, 9.17) is 4.98 Å². The van der Waals surface area contributed by atoms with Gasteiger partial charge in [0, 0.05) is 41.6 Å². The second kappa shape index (κ2) is 7.25. The number of pyridine rings is 2. The van der Waals surface area contributed by atoms with Crippen LogP contribution < -0.4 is 5.32 Å². The Morgan fingerprint density at radius 2 is 1.54 bits per heavy atom. The molecule has 4 rings (SSSR count). The summed E-state index contributed by atoms with van der Waals surface area (Å²) >= 11 is 1.34. The van der Waals surface area contributed by atoms with Crippen LogP contribution in [0.25, 0.3) is 21.8 Å². The van der Waals surface area contributed by atoms with Gasteiger partial charge in [-0.2, -0.15) is 0 Å². The lowest BCUT2D eigenvalue weighted by Gasteiger charge is -2.04. The van der Waals surface area contributed by atoms with Crippen molar-refractivity contribution in [2.75, 3.05) is 5.32 Å². The molecular formula is C20H14N4OS. The number of nitrogens with one attached hydrogen (secondary N) is 1. The van der Waals surface area contributed by atoms with Crippen LogP contribution in [-0.2, 0) is 0 Å². The third kappa shape index (κ3) is 3.36. The van der Waals surface area contributed by atoms with Gasteiger partial charge in [0.2, 0.25) is 0 Å². The molecular weight excluding hydrogens is 344 g/mol. The summed E-state index contributed by atoms with van der Waals surface area (Å²) in [5.41, 5.74) is 3.04. The number of thiazole rings is 1. The van der Waals surface area contributed by atoms with Crippen LogP contribution in [0.5, 0.6) is 0 Å². The third-order valence-corrected chi connectivity index (χ3v) is 4.81. The second-order valence-electron chi connectivity index (χ2n) is 5.50. The number of nitrogens with zero attached hydrogens (tertiary/aromatic N) is 3. The Morgan fingerprint density at radius 3 is 2.19 bits per heavy atom. The molecule has 3 heterocycles. The van der Waals surface area contributed by atoms with Crippen molar-refractivity contribution in [1.82, 2.24) is 15.0 Å². The van der Waals surface area contributed by atoms with E-state index < -0.39 is 0 Å². The summed E-state index contributed by atoms with van der Waals surface area (Å²) in [6.45, 7) is 0. The summed E-state index contributed by atoms with van der Waals surface area (Å²) in [4.78, 5) is 26.4. The van der Waals surface area contributed by atoms with Gasteiger partial charge in [0.1, 0.15) is 9.88 Å². The van der Waals surface area contributed by atoms with E-state index in [1.807, 2.05) is 54.6 Å². The summed E-state index contributed by atoms with van der Waals surface area (Å²) in [5, 5.41) is 3.67. The van der Waals surface area contributed by atoms with Crippen molar-refractivity contribution in [2.24, 2.45) is 0 Å². The molecule has 0 aliphatic rings. The second-order valence-corrected chi connectivity index (χ2v) is 6.50. The van der Waals surface area contributed by atoms with Crippen molar-refractivity contribution in [3.05, 3.63) is 84.3 Å². The fourth-order valence-corrected chi connectivity index (χ4v) is 3.47. The molecule has 0 aliphatic carbocycles. The number of para-hydroxylation sites is 1. The maximum atomic E-state index is 12.9. The van der Waals surface area contributed by atoms with Gasteiger partial charge in [-0.15, -0.1) is 11.3 Å². The van der Waals surface area contributed by atoms with Gasteiger partial charge in [0.05, 0.1) is 5.69 Å². The Balaban J connectivity index is 1.77. The first-order chi connectivity index (χ1) is 12.8. The van der Waals surface area contributed by atoms with Crippen LogP contribution in [0, 0.1) is 0 Å². The number of rotatable bonds is 4. The number of amides is 1. The van der Waals surface area contributed by atoms with Crippen molar-refractivity contribution >= 4 is 22.9 Å². The SMILES string of the molecule is O=C(Nc1ccccc1)c1sc(-c2cccnc2)nc1-c1cccnc1. The monoisotopic (exact) mass is 358 g/mol. The number of hydrogen-bond acceptors (Lipinski definition) is 5. The fraction of sp³-hybridized carbons (Fsp3) is 0. The molecule has 0 saturated heterocycles. The van der Waals surface area contributed by atoms with Gasteiger partial charge >= 0.3 is 0 Å². The minimum absolute atomic E-state index is 0.192. The van der Waals surface area contributed by atoms with E-state index in [0.29, 0.717) is 10.6 Å². The minimum Gasteiger partial charge on any atom is -0.321 e. The first-order valence-corrected chi connectivity index (χ1v) is 8.81. The zero-order valence-corrected chi connectivity index (χ0v) is 14.5. The number of hydrogen-bond donors (Lipinski definition) is 1. The maximum Gasteiger partial charge on any atom is 0.268 e. The average Bonchev–Trinajstić information content (AvgIpc) is 3.16. The first kappa shape index (κ1) is 16.1. The third-order valence-electron chi connectivity index (χ3n) is 3.71. The van der Waals surface area contributed by atoms with Crippen LogP contribution in [-0.4, -0.2) is 20.9 Å². The lowest BCUT2D eigenvalue weighted by Crippen LogP contribution is -2.11. The van der Waals surface area contributed by atoms with Crippen LogP contribution in [0.1, 0.15) is 9.67 Å². The molecule has 0 unspecified atom stereocenters. The van der Waals surface area contributed by atoms with E-state index in [0.717, 1.165) is 21.8 Å². The van der Waals surface area contributed by atoms with Crippen LogP contribution >= 0.6 is 11.3 Å². The average molecular weight is 358 g/mol. The van der Waals surface area contributed by atoms with E-state index in [1.54, 1.807) is 24.8 Å². The molecule has 5 nitrogen and oxygen atoms in total. The largest absolute Gasteiger partial charge is 0.321 e. The van der Waals surface area contributed by atoms with Gasteiger partial charge < -0.3 is 5.32 Å².